The molecule has 104 valence electrons. The van der Waals surface area contributed by atoms with Crippen LogP contribution in [-0.2, 0) is 4.79 Å². The van der Waals surface area contributed by atoms with E-state index in [2.05, 4.69) is 10.3 Å². The molecule has 0 unspecified atom stereocenters. The van der Waals surface area contributed by atoms with E-state index >= 15 is 0 Å². The Bertz CT molecular complexity index is 447. The molecule has 0 aromatic carbocycles. The molecular formula is C13H18N2O3S. The summed E-state index contributed by atoms with van der Waals surface area (Å²) >= 11 is 1.31. The fourth-order valence-corrected chi connectivity index (χ4v) is 2.26. The summed E-state index contributed by atoms with van der Waals surface area (Å²) in [6.07, 6.45) is 3.25. The third-order valence-corrected chi connectivity index (χ3v) is 3.66. The molecule has 2 N–H and O–H groups in total. The maximum absolute atomic E-state index is 11.7. The minimum Gasteiger partial charge on any atom is -0.477 e. The van der Waals surface area contributed by atoms with Crippen LogP contribution in [0.4, 0.5) is 0 Å². The van der Waals surface area contributed by atoms with Crippen LogP contribution in [0.1, 0.15) is 37.2 Å². The van der Waals surface area contributed by atoms with Gasteiger partial charge in [-0.05, 0) is 25.0 Å². The summed E-state index contributed by atoms with van der Waals surface area (Å²) in [5.74, 6) is -0.823. The van der Waals surface area contributed by atoms with Gasteiger partial charge in [-0.15, -0.1) is 11.8 Å². The Morgan fingerprint density at radius 1 is 1.42 bits per heavy atom. The quantitative estimate of drug-likeness (QED) is 0.749. The SMILES string of the molecule is CCC(CC)NC(=O)CSc1ccnc(C(=O)O)c1. The van der Waals surface area contributed by atoms with Gasteiger partial charge in [0.15, 0.2) is 0 Å². The maximum atomic E-state index is 11.7. The van der Waals surface area contributed by atoms with E-state index in [-0.39, 0.29) is 23.4 Å². The molecule has 1 aromatic rings. The number of nitrogens with zero attached hydrogens (tertiary/aromatic N) is 1. The minimum atomic E-state index is -1.07. The lowest BCUT2D eigenvalue weighted by Crippen LogP contribution is -2.34. The molecule has 0 atom stereocenters. The van der Waals surface area contributed by atoms with Crippen molar-refractivity contribution in [3.05, 3.63) is 24.0 Å². The van der Waals surface area contributed by atoms with Gasteiger partial charge in [-0.1, -0.05) is 13.8 Å². The molecule has 0 spiro atoms. The van der Waals surface area contributed by atoms with Crippen molar-refractivity contribution >= 4 is 23.6 Å². The van der Waals surface area contributed by atoms with Gasteiger partial charge in [0.2, 0.25) is 5.91 Å². The number of carbonyl (C=O) groups excluding carboxylic acids is 1. The smallest absolute Gasteiger partial charge is 0.354 e. The van der Waals surface area contributed by atoms with Crippen LogP contribution in [0.5, 0.6) is 0 Å². The summed E-state index contributed by atoms with van der Waals surface area (Å²) in [7, 11) is 0. The van der Waals surface area contributed by atoms with Gasteiger partial charge in [-0.3, -0.25) is 4.79 Å². The van der Waals surface area contributed by atoms with E-state index in [9.17, 15) is 9.59 Å². The summed E-state index contributed by atoms with van der Waals surface area (Å²) in [6, 6.07) is 3.37. The molecule has 0 aliphatic rings. The summed E-state index contributed by atoms with van der Waals surface area (Å²) in [5, 5.41) is 11.8. The molecule has 0 saturated carbocycles. The van der Waals surface area contributed by atoms with Gasteiger partial charge < -0.3 is 10.4 Å². The first kappa shape index (κ1) is 15.5. The molecule has 19 heavy (non-hydrogen) atoms. The van der Waals surface area contributed by atoms with E-state index in [0.29, 0.717) is 0 Å². The molecule has 0 bridgehead atoms. The average molecular weight is 282 g/mol. The second-order valence-corrected chi connectivity index (χ2v) is 5.10. The van der Waals surface area contributed by atoms with Crippen LogP contribution < -0.4 is 5.32 Å². The average Bonchev–Trinajstić information content (AvgIpc) is 2.42. The number of thioether (sulfide) groups is 1. The zero-order valence-electron chi connectivity index (χ0n) is 11.0. The van der Waals surface area contributed by atoms with Crippen molar-refractivity contribution in [1.82, 2.24) is 10.3 Å². The summed E-state index contributed by atoms with van der Waals surface area (Å²) in [5.41, 5.74) is -0.00889. The van der Waals surface area contributed by atoms with Crippen LogP contribution in [0.15, 0.2) is 23.2 Å². The lowest BCUT2D eigenvalue weighted by Gasteiger charge is -2.14. The van der Waals surface area contributed by atoms with Crippen molar-refractivity contribution in [2.24, 2.45) is 0 Å². The van der Waals surface area contributed by atoms with E-state index in [1.807, 2.05) is 13.8 Å². The largest absolute Gasteiger partial charge is 0.477 e. The lowest BCUT2D eigenvalue weighted by atomic mass is 10.2. The van der Waals surface area contributed by atoms with Crippen molar-refractivity contribution in [2.75, 3.05) is 5.75 Å². The van der Waals surface area contributed by atoms with Crippen LogP contribution in [0.25, 0.3) is 0 Å². The number of carbonyl (C=O) groups is 2. The number of pyridine rings is 1. The normalized spacial score (nSPS) is 10.5. The molecule has 0 radical (unpaired) electrons. The topological polar surface area (TPSA) is 79.3 Å². The summed E-state index contributed by atoms with van der Waals surface area (Å²) in [6.45, 7) is 4.06. The van der Waals surface area contributed by atoms with Crippen molar-refractivity contribution < 1.29 is 14.7 Å². The molecule has 0 aliphatic carbocycles. The maximum Gasteiger partial charge on any atom is 0.354 e. The molecule has 1 aromatic heterocycles. The Balaban J connectivity index is 2.50. The number of nitrogens with one attached hydrogen (secondary N) is 1. The Morgan fingerprint density at radius 3 is 2.68 bits per heavy atom. The van der Waals surface area contributed by atoms with Gasteiger partial charge in [0.1, 0.15) is 5.69 Å². The van der Waals surface area contributed by atoms with Gasteiger partial charge in [-0.2, -0.15) is 0 Å². The van der Waals surface area contributed by atoms with Crippen LogP contribution in [0, 0.1) is 0 Å². The van der Waals surface area contributed by atoms with Crippen molar-refractivity contribution in [2.45, 2.75) is 37.6 Å². The number of aromatic nitrogens is 1. The first-order valence-corrected chi connectivity index (χ1v) is 7.16. The molecule has 1 rings (SSSR count). The fourth-order valence-electron chi connectivity index (χ4n) is 1.53. The molecule has 6 heteroatoms. The second kappa shape index (κ2) is 7.78. The fraction of sp³-hybridized carbons (Fsp3) is 0.462. The number of rotatable bonds is 7. The third kappa shape index (κ3) is 5.30. The van der Waals surface area contributed by atoms with Gasteiger partial charge in [0.25, 0.3) is 0 Å². The Morgan fingerprint density at radius 2 is 2.11 bits per heavy atom. The van der Waals surface area contributed by atoms with E-state index in [1.54, 1.807) is 6.07 Å². The zero-order chi connectivity index (χ0) is 14.3. The Kier molecular flexibility index (Phi) is 6.35. The summed E-state index contributed by atoms with van der Waals surface area (Å²) in [4.78, 5) is 26.9. The van der Waals surface area contributed by atoms with Crippen LogP contribution >= 0.6 is 11.8 Å². The highest BCUT2D eigenvalue weighted by atomic mass is 32.2. The highest BCUT2D eigenvalue weighted by Gasteiger charge is 2.10. The van der Waals surface area contributed by atoms with Crippen LogP contribution in [0.3, 0.4) is 0 Å². The third-order valence-electron chi connectivity index (χ3n) is 2.67. The zero-order valence-corrected chi connectivity index (χ0v) is 11.9. The Hall–Kier alpha value is -1.56. The van der Waals surface area contributed by atoms with Gasteiger partial charge in [-0.25, -0.2) is 9.78 Å². The van der Waals surface area contributed by atoms with Crippen LogP contribution in [0.2, 0.25) is 0 Å². The van der Waals surface area contributed by atoms with Gasteiger partial charge in [0, 0.05) is 17.1 Å². The Labute approximate surface area is 116 Å². The monoisotopic (exact) mass is 282 g/mol. The van der Waals surface area contributed by atoms with Gasteiger partial charge >= 0.3 is 5.97 Å². The van der Waals surface area contributed by atoms with E-state index in [1.165, 1.54) is 24.0 Å². The predicted octanol–water partition coefficient (Wildman–Crippen LogP) is 2.18. The molecule has 0 aliphatic heterocycles. The second-order valence-electron chi connectivity index (χ2n) is 4.05. The number of amides is 1. The van der Waals surface area contributed by atoms with Crippen LogP contribution in [-0.4, -0.2) is 33.8 Å². The number of carboxylic acids is 1. The standard InChI is InChI=1S/C13H18N2O3S/c1-3-9(4-2)15-12(16)8-19-10-5-6-14-11(7-10)13(17)18/h5-7,9H,3-4,8H2,1-2H3,(H,15,16)(H,17,18). The van der Waals surface area contributed by atoms with Crippen molar-refractivity contribution in [3.63, 3.8) is 0 Å². The first-order valence-electron chi connectivity index (χ1n) is 6.18. The molecule has 0 saturated heterocycles. The van der Waals surface area contributed by atoms with E-state index in [0.717, 1.165) is 17.7 Å². The molecular weight excluding hydrogens is 264 g/mol. The molecule has 1 heterocycles. The van der Waals surface area contributed by atoms with Crippen molar-refractivity contribution in [1.29, 1.82) is 0 Å². The first-order chi connectivity index (χ1) is 9.06. The number of aromatic carboxylic acids is 1. The highest BCUT2D eigenvalue weighted by Crippen LogP contribution is 2.17. The number of carboxylic acid groups (broad SMARTS) is 1. The molecule has 5 nitrogen and oxygen atoms in total. The molecule has 1 amide bonds. The van der Waals surface area contributed by atoms with Gasteiger partial charge in [0.05, 0.1) is 5.75 Å². The molecule has 0 fully saturated rings. The van der Waals surface area contributed by atoms with Crippen molar-refractivity contribution in [3.8, 4) is 0 Å². The van der Waals surface area contributed by atoms with E-state index < -0.39 is 5.97 Å². The summed E-state index contributed by atoms with van der Waals surface area (Å²) < 4.78 is 0. The number of hydrogen-bond donors (Lipinski definition) is 2. The number of hydrogen-bond acceptors (Lipinski definition) is 4. The minimum absolute atomic E-state index is 0.00889. The van der Waals surface area contributed by atoms with E-state index in [4.69, 9.17) is 5.11 Å². The predicted molar refractivity (Wildman–Crippen MR) is 74.4 cm³/mol. The lowest BCUT2D eigenvalue weighted by molar-refractivity contribution is -0.119. The highest BCUT2D eigenvalue weighted by molar-refractivity contribution is 8.00.